The predicted octanol–water partition coefficient (Wildman–Crippen LogP) is 2.67. The van der Waals surface area contributed by atoms with Gasteiger partial charge >= 0.3 is 6.03 Å². The van der Waals surface area contributed by atoms with Crippen molar-refractivity contribution in [3.05, 3.63) is 53.1 Å². The fraction of sp³-hybridized carbons (Fsp3) is 0. The standard InChI is InChI=1S/C14H13ClN4O2/c15-8-1-6-11(12(16)7-8)13(20)18-9-2-4-10(5-3-9)19-14(17)21/h1-7H,16H2,(H,18,20)(H3,17,19,21). The van der Waals surface area contributed by atoms with Crippen molar-refractivity contribution in [2.75, 3.05) is 16.4 Å². The number of carbonyl (C=O) groups is 2. The Kier molecular flexibility index (Phi) is 4.30. The Morgan fingerprint density at radius 3 is 2.05 bits per heavy atom. The number of halogens is 1. The molecule has 2 rings (SSSR count). The molecule has 0 aliphatic carbocycles. The van der Waals surface area contributed by atoms with E-state index in [2.05, 4.69) is 10.6 Å². The molecule has 108 valence electrons. The zero-order chi connectivity index (χ0) is 15.4. The van der Waals surface area contributed by atoms with Crippen molar-refractivity contribution in [1.29, 1.82) is 0 Å². The van der Waals surface area contributed by atoms with Crippen molar-refractivity contribution in [2.45, 2.75) is 0 Å². The fourth-order valence-electron chi connectivity index (χ4n) is 1.72. The third-order valence-corrected chi connectivity index (χ3v) is 2.90. The lowest BCUT2D eigenvalue weighted by Gasteiger charge is -2.09. The summed E-state index contributed by atoms with van der Waals surface area (Å²) in [6, 6.07) is 10.5. The van der Waals surface area contributed by atoms with Gasteiger partial charge in [-0.15, -0.1) is 0 Å². The van der Waals surface area contributed by atoms with Gasteiger partial charge in [0.25, 0.3) is 5.91 Å². The molecule has 7 heteroatoms. The van der Waals surface area contributed by atoms with Crippen LogP contribution in [0.15, 0.2) is 42.5 Å². The molecule has 2 aromatic rings. The summed E-state index contributed by atoms with van der Waals surface area (Å²) >= 11 is 5.78. The molecule has 21 heavy (non-hydrogen) atoms. The molecule has 0 unspecified atom stereocenters. The molecular weight excluding hydrogens is 292 g/mol. The Labute approximate surface area is 126 Å². The largest absolute Gasteiger partial charge is 0.398 e. The highest BCUT2D eigenvalue weighted by molar-refractivity contribution is 6.31. The summed E-state index contributed by atoms with van der Waals surface area (Å²) < 4.78 is 0. The van der Waals surface area contributed by atoms with Crippen LogP contribution in [0.2, 0.25) is 5.02 Å². The van der Waals surface area contributed by atoms with Gasteiger partial charge < -0.3 is 22.1 Å². The van der Waals surface area contributed by atoms with Crippen LogP contribution in [0, 0.1) is 0 Å². The Hall–Kier alpha value is -2.73. The quantitative estimate of drug-likeness (QED) is 0.654. The minimum absolute atomic E-state index is 0.298. The lowest BCUT2D eigenvalue weighted by molar-refractivity contribution is 0.102. The summed E-state index contributed by atoms with van der Waals surface area (Å²) in [6.07, 6.45) is 0. The number of nitrogens with two attached hydrogens (primary N) is 2. The van der Waals surface area contributed by atoms with Crippen LogP contribution in [0.4, 0.5) is 21.9 Å². The summed E-state index contributed by atoms with van der Waals surface area (Å²) in [5, 5.41) is 5.58. The maximum atomic E-state index is 12.1. The number of benzene rings is 2. The average Bonchev–Trinajstić information content (AvgIpc) is 2.40. The molecule has 0 aliphatic rings. The minimum Gasteiger partial charge on any atom is -0.398 e. The second kappa shape index (κ2) is 6.15. The molecule has 6 nitrogen and oxygen atoms in total. The second-order valence-corrected chi connectivity index (χ2v) is 4.69. The van der Waals surface area contributed by atoms with Crippen LogP contribution in [0.25, 0.3) is 0 Å². The topological polar surface area (TPSA) is 110 Å². The molecule has 3 amide bonds. The van der Waals surface area contributed by atoms with Gasteiger partial charge in [0.2, 0.25) is 0 Å². The zero-order valence-electron chi connectivity index (χ0n) is 10.9. The van der Waals surface area contributed by atoms with Gasteiger partial charge in [0, 0.05) is 22.1 Å². The van der Waals surface area contributed by atoms with Crippen LogP contribution in [-0.2, 0) is 0 Å². The summed E-state index contributed by atoms with van der Waals surface area (Å²) in [5.41, 5.74) is 12.5. The van der Waals surface area contributed by atoms with E-state index in [0.717, 1.165) is 0 Å². The molecule has 0 saturated carbocycles. The highest BCUT2D eigenvalue weighted by Gasteiger charge is 2.10. The number of nitrogens with one attached hydrogen (secondary N) is 2. The first kappa shape index (κ1) is 14.7. The summed E-state index contributed by atoms with van der Waals surface area (Å²) in [4.78, 5) is 22.8. The van der Waals surface area contributed by atoms with E-state index in [1.54, 1.807) is 36.4 Å². The lowest BCUT2D eigenvalue weighted by Crippen LogP contribution is -2.19. The van der Waals surface area contributed by atoms with Crippen molar-refractivity contribution < 1.29 is 9.59 Å². The smallest absolute Gasteiger partial charge is 0.316 e. The van der Waals surface area contributed by atoms with Crippen LogP contribution in [0.1, 0.15) is 10.4 Å². The molecule has 0 heterocycles. The van der Waals surface area contributed by atoms with Crippen LogP contribution >= 0.6 is 11.6 Å². The van der Waals surface area contributed by atoms with E-state index in [9.17, 15) is 9.59 Å². The molecule has 0 saturated heterocycles. The first-order valence-corrected chi connectivity index (χ1v) is 6.36. The van der Waals surface area contributed by atoms with Crippen molar-refractivity contribution in [3.8, 4) is 0 Å². The van der Waals surface area contributed by atoms with E-state index >= 15 is 0 Å². The normalized spacial score (nSPS) is 9.95. The molecule has 0 fully saturated rings. The van der Waals surface area contributed by atoms with Gasteiger partial charge in [-0.3, -0.25) is 4.79 Å². The number of hydrogen-bond donors (Lipinski definition) is 4. The van der Waals surface area contributed by atoms with Gasteiger partial charge in [0.1, 0.15) is 0 Å². The Morgan fingerprint density at radius 2 is 1.52 bits per heavy atom. The van der Waals surface area contributed by atoms with E-state index in [-0.39, 0.29) is 5.91 Å². The van der Waals surface area contributed by atoms with Crippen molar-refractivity contribution in [1.82, 2.24) is 0 Å². The van der Waals surface area contributed by atoms with E-state index in [0.29, 0.717) is 27.6 Å². The number of urea groups is 1. The third-order valence-electron chi connectivity index (χ3n) is 2.67. The van der Waals surface area contributed by atoms with E-state index in [1.165, 1.54) is 6.07 Å². The van der Waals surface area contributed by atoms with Crippen LogP contribution in [0.3, 0.4) is 0 Å². The minimum atomic E-state index is -0.652. The molecule has 2 aromatic carbocycles. The number of anilines is 3. The lowest BCUT2D eigenvalue weighted by atomic mass is 10.1. The predicted molar refractivity (Wildman–Crippen MR) is 83.5 cm³/mol. The first-order chi connectivity index (χ1) is 9.95. The second-order valence-electron chi connectivity index (χ2n) is 4.25. The van der Waals surface area contributed by atoms with Gasteiger partial charge in [-0.2, -0.15) is 0 Å². The van der Waals surface area contributed by atoms with Gasteiger partial charge in [0.05, 0.1) is 5.56 Å². The Morgan fingerprint density at radius 1 is 0.952 bits per heavy atom. The van der Waals surface area contributed by atoms with Crippen LogP contribution < -0.4 is 22.1 Å². The van der Waals surface area contributed by atoms with Crippen LogP contribution in [0.5, 0.6) is 0 Å². The number of rotatable bonds is 3. The third kappa shape index (κ3) is 3.87. The van der Waals surface area contributed by atoms with Gasteiger partial charge in [-0.1, -0.05) is 11.6 Å². The first-order valence-electron chi connectivity index (χ1n) is 5.98. The Bertz CT molecular complexity index is 686. The van der Waals surface area contributed by atoms with Gasteiger partial charge in [-0.25, -0.2) is 4.79 Å². The van der Waals surface area contributed by atoms with Crippen molar-refractivity contribution >= 4 is 40.6 Å². The molecule has 0 spiro atoms. The highest BCUT2D eigenvalue weighted by atomic mass is 35.5. The number of carbonyl (C=O) groups excluding carboxylic acids is 2. The molecule has 0 aromatic heterocycles. The van der Waals surface area contributed by atoms with Gasteiger partial charge in [-0.05, 0) is 42.5 Å². The van der Waals surface area contributed by atoms with E-state index < -0.39 is 6.03 Å². The number of primary amides is 1. The summed E-state index contributed by atoms with van der Waals surface area (Å²) in [7, 11) is 0. The SMILES string of the molecule is NC(=O)Nc1ccc(NC(=O)c2ccc(Cl)cc2N)cc1. The zero-order valence-corrected chi connectivity index (χ0v) is 11.6. The molecule has 0 aliphatic heterocycles. The Balaban J connectivity index is 2.10. The number of nitrogen functional groups attached to an aromatic ring is 1. The van der Waals surface area contributed by atoms with Gasteiger partial charge in [0.15, 0.2) is 0 Å². The molecule has 6 N–H and O–H groups in total. The monoisotopic (exact) mass is 304 g/mol. The van der Waals surface area contributed by atoms with E-state index in [4.69, 9.17) is 23.1 Å². The maximum absolute atomic E-state index is 12.1. The molecule has 0 bridgehead atoms. The maximum Gasteiger partial charge on any atom is 0.316 e. The van der Waals surface area contributed by atoms with Crippen molar-refractivity contribution in [3.63, 3.8) is 0 Å². The molecular formula is C14H13ClN4O2. The molecule has 0 atom stereocenters. The number of amides is 3. The average molecular weight is 305 g/mol. The number of hydrogen-bond acceptors (Lipinski definition) is 3. The van der Waals surface area contributed by atoms with E-state index in [1.807, 2.05) is 0 Å². The van der Waals surface area contributed by atoms with Crippen LogP contribution in [-0.4, -0.2) is 11.9 Å². The fourth-order valence-corrected chi connectivity index (χ4v) is 1.90. The van der Waals surface area contributed by atoms with Crippen molar-refractivity contribution in [2.24, 2.45) is 5.73 Å². The molecule has 0 radical (unpaired) electrons. The summed E-state index contributed by atoms with van der Waals surface area (Å²) in [6.45, 7) is 0. The summed E-state index contributed by atoms with van der Waals surface area (Å²) in [5.74, 6) is -0.347. The highest BCUT2D eigenvalue weighted by Crippen LogP contribution is 2.20.